The second-order valence-corrected chi connectivity index (χ2v) is 4.95. The van der Waals surface area contributed by atoms with Gasteiger partial charge in [0.1, 0.15) is 0 Å². The second-order valence-electron chi connectivity index (χ2n) is 4.95. The maximum atomic E-state index is 12.5. The molecule has 1 aliphatic rings. The number of hydrogen-bond acceptors (Lipinski definition) is 3. The average Bonchev–Trinajstić information content (AvgIpc) is 3.08. The van der Waals surface area contributed by atoms with Crippen LogP contribution < -0.4 is 0 Å². The molecule has 19 heavy (non-hydrogen) atoms. The van der Waals surface area contributed by atoms with Crippen molar-refractivity contribution in [1.82, 2.24) is 19.7 Å². The van der Waals surface area contributed by atoms with Crippen molar-refractivity contribution in [3.05, 3.63) is 42.4 Å². The highest BCUT2D eigenvalue weighted by Gasteiger charge is 2.26. The highest BCUT2D eigenvalue weighted by molar-refractivity contribution is 5.96. The standard InChI is InChI=1S/C14H16N4O/c1-17(10-11-5-6-11)14(19)12-4-2-7-15-13(12)18-9-3-8-16-18/h2-4,7-9,11H,5-6,10H2,1H3. The van der Waals surface area contributed by atoms with Gasteiger partial charge in [-0.2, -0.15) is 5.10 Å². The van der Waals surface area contributed by atoms with Crippen LogP contribution >= 0.6 is 0 Å². The van der Waals surface area contributed by atoms with Gasteiger partial charge in [-0.15, -0.1) is 0 Å². The number of carbonyl (C=O) groups excluding carboxylic acids is 1. The van der Waals surface area contributed by atoms with Crippen LogP contribution in [0, 0.1) is 5.92 Å². The molecular weight excluding hydrogens is 240 g/mol. The predicted molar refractivity (Wildman–Crippen MR) is 71.0 cm³/mol. The molecule has 1 fully saturated rings. The third kappa shape index (κ3) is 2.50. The van der Waals surface area contributed by atoms with Crippen molar-refractivity contribution in [1.29, 1.82) is 0 Å². The fourth-order valence-electron chi connectivity index (χ4n) is 2.12. The Morgan fingerprint density at radius 3 is 2.95 bits per heavy atom. The zero-order valence-corrected chi connectivity index (χ0v) is 10.9. The SMILES string of the molecule is CN(CC1CC1)C(=O)c1cccnc1-n1cccn1. The summed E-state index contributed by atoms with van der Waals surface area (Å²) >= 11 is 0. The van der Waals surface area contributed by atoms with Gasteiger partial charge >= 0.3 is 0 Å². The molecule has 2 heterocycles. The summed E-state index contributed by atoms with van der Waals surface area (Å²) in [6, 6.07) is 5.40. The Morgan fingerprint density at radius 2 is 2.26 bits per heavy atom. The summed E-state index contributed by atoms with van der Waals surface area (Å²) in [7, 11) is 1.85. The molecule has 0 aromatic carbocycles. The second kappa shape index (κ2) is 4.84. The van der Waals surface area contributed by atoms with Crippen LogP contribution in [-0.4, -0.2) is 39.2 Å². The van der Waals surface area contributed by atoms with Crippen LogP contribution in [0.3, 0.4) is 0 Å². The zero-order valence-electron chi connectivity index (χ0n) is 10.9. The van der Waals surface area contributed by atoms with Crippen LogP contribution in [0.2, 0.25) is 0 Å². The molecule has 0 aliphatic heterocycles. The van der Waals surface area contributed by atoms with E-state index in [-0.39, 0.29) is 5.91 Å². The molecule has 3 rings (SSSR count). The molecule has 1 amide bonds. The highest BCUT2D eigenvalue weighted by atomic mass is 16.2. The minimum atomic E-state index is 0.00509. The summed E-state index contributed by atoms with van der Waals surface area (Å²) in [5, 5.41) is 4.15. The summed E-state index contributed by atoms with van der Waals surface area (Å²) in [6.45, 7) is 0.826. The van der Waals surface area contributed by atoms with Gasteiger partial charge in [0.15, 0.2) is 5.82 Å². The fourth-order valence-corrected chi connectivity index (χ4v) is 2.12. The molecule has 0 bridgehead atoms. The summed E-state index contributed by atoms with van der Waals surface area (Å²) < 4.78 is 1.62. The van der Waals surface area contributed by atoms with E-state index in [0.29, 0.717) is 17.3 Å². The molecular formula is C14H16N4O. The first-order valence-electron chi connectivity index (χ1n) is 6.46. The molecule has 0 unspecified atom stereocenters. The van der Waals surface area contributed by atoms with Crippen molar-refractivity contribution in [2.75, 3.05) is 13.6 Å². The van der Waals surface area contributed by atoms with Crippen molar-refractivity contribution in [3.63, 3.8) is 0 Å². The molecule has 1 aliphatic carbocycles. The van der Waals surface area contributed by atoms with Crippen molar-refractivity contribution in [2.45, 2.75) is 12.8 Å². The van der Waals surface area contributed by atoms with E-state index in [0.717, 1.165) is 6.54 Å². The molecule has 0 radical (unpaired) electrons. The van der Waals surface area contributed by atoms with Gasteiger partial charge in [0.25, 0.3) is 5.91 Å². The highest BCUT2D eigenvalue weighted by Crippen LogP contribution is 2.29. The topological polar surface area (TPSA) is 51.0 Å². The predicted octanol–water partition coefficient (Wildman–Crippen LogP) is 1.75. The Labute approximate surface area is 111 Å². The minimum Gasteiger partial charge on any atom is -0.341 e. The number of rotatable bonds is 4. The van der Waals surface area contributed by atoms with Crippen LogP contribution in [0.15, 0.2) is 36.8 Å². The number of aromatic nitrogens is 3. The molecule has 5 nitrogen and oxygen atoms in total. The average molecular weight is 256 g/mol. The van der Waals surface area contributed by atoms with Gasteiger partial charge in [-0.05, 0) is 37.0 Å². The first-order valence-corrected chi connectivity index (χ1v) is 6.46. The normalized spacial score (nSPS) is 14.4. The Kier molecular flexibility index (Phi) is 3.03. The van der Waals surface area contributed by atoms with Crippen molar-refractivity contribution < 1.29 is 4.79 Å². The van der Waals surface area contributed by atoms with E-state index in [4.69, 9.17) is 0 Å². The zero-order chi connectivity index (χ0) is 13.2. The van der Waals surface area contributed by atoms with Crippen molar-refractivity contribution >= 4 is 5.91 Å². The minimum absolute atomic E-state index is 0.00509. The Balaban J connectivity index is 1.89. The van der Waals surface area contributed by atoms with E-state index < -0.39 is 0 Å². The number of nitrogens with zero attached hydrogens (tertiary/aromatic N) is 4. The monoisotopic (exact) mass is 256 g/mol. The van der Waals surface area contributed by atoms with E-state index in [2.05, 4.69) is 10.1 Å². The van der Waals surface area contributed by atoms with Crippen LogP contribution in [0.1, 0.15) is 23.2 Å². The molecule has 0 N–H and O–H groups in total. The van der Waals surface area contributed by atoms with Gasteiger partial charge in [0.2, 0.25) is 0 Å². The third-order valence-electron chi connectivity index (χ3n) is 3.31. The summed E-state index contributed by atoms with van der Waals surface area (Å²) in [6.07, 6.45) is 7.61. The third-order valence-corrected chi connectivity index (χ3v) is 3.31. The first-order chi connectivity index (χ1) is 9.25. The van der Waals surface area contributed by atoms with E-state index in [9.17, 15) is 4.79 Å². The maximum absolute atomic E-state index is 12.5. The maximum Gasteiger partial charge on any atom is 0.257 e. The van der Waals surface area contributed by atoms with Crippen molar-refractivity contribution in [3.8, 4) is 5.82 Å². The van der Waals surface area contributed by atoms with Gasteiger partial charge < -0.3 is 4.90 Å². The number of amides is 1. The lowest BCUT2D eigenvalue weighted by molar-refractivity contribution is 0.0788. The molecule has 0 spiro atoms. The molecule has 1 saturated carbocycles. The Morgan fingerprint density at radius 1 is 1.42 bits per heavy atom. The Bertz CT molecular complexity index is 575. The van der Waals surface area contributed by atoms with E-state index in [1.807, 2.05) is 13.1 Å². The van der Waals surface area contributed by atoms with E-state index in [1.54, 1.807) is 40.3 Å². The fraction of sp³-hybridized carbons (Fsp3) is 0.357. The summed E-state index contributed by atoms with van der Waals surface area (Å²) in [5.41, 5.74) is 0.592. The van der Waals surface area contributed by atoms with Gasteiger partial charge in [-0.1, -0.05) is 0 Å². The lowest BCUT2D eigenvalue weighted by Gasteiger charge is -2.18. The van der Waals surface area contributed by atoms with Crippen LogP contribution in [0.5, 0.6) is 0 Å². The van der Waals surface area contributed by atoms with Crippen LogP contribution in [0.25, 0.3) is 5.82 Å². The number of pyridine rings is 1. The lowest BCUT2D eigenvalue weighted by Crippen LogP contribution is -2.30. The van der Waals surface area contributed by atoms with Gasteiger partial charge in [-0.3, -0.25) is 4.79 Å². The molecule has 0 saturated heterocycles. The van der Waals surface area contributed by atoms with E-state index >= 15 is 0 Å². The summed E-state index contributed by atoms with van der Waals surface area (Å²) in [5.74, 6) is 1.27. The molecule has 2 aromatic rings. The van der Waals surface area contributed by atoms with E-state index in [1.165, 1.54) is 12.8 Å². The van der Waals surface area contributed by atoms with Crippen LogP contribution in [0.4, 0.5) is 0 Å². The molecule has 2 aromatic heterocycles. The van der Waals surface area contributed by atoms with Gasteiger partial charge in [0.05, 0.1) is 5.56 Å². The smallest absolute Gasteiger partial charge is 0.257 e. The summed E-state index contributed by atoms with van der Waals surface area (Å²) in [4.78, 5) is 18.5. The molecule has 0 atom stereocenters. The van der Waals surface area contributed by atoms with Gasteiger partial charge in [0, 0.05) is 32.2 Å². The Hall–Kier alpha value is -2.17. The lowest BCUT2D eigenvalue weighted by atomic mass is 10.2. The number of hydrogen-bond donors (Lipinski definition) is 0. The number of carbonyl (C=O) groups is 1. The molecule has 98 valence electrons. The quantitative estimate of drug-likeness (QED) is 0.837. The largest absolute Gasteiger partial charge is 0.341 e. The van der Waals surface area contributed by atoms with Gasteiger partial charge in [-0.25, -0.2) is 9.67 Å². The molecule has 5 heteroatoms. The first kappa shape index (κ1) is 11.9. The van der Waals surface area contributed by atoms with Crippen molar-refractivity contribution in [2.24, 2.45) is 5.92 Å². The van der Waals surface area contributed by atoms with Crippen LogP contribution in [-0.2, 0) is 0 Å².